The maximum Gasteiger partial charge on any atom is 0.198 e. The van der Waals surface area contributed by atoms with E-state index in [2.05, 4.69) is 61.7 Å². The Hall–Kier alpha value is -2.42. The van der Waals surface area contributed by atoms with Gasteiger partial charge in [-0.05, 0) is 35.7 Å². The second kappa shape index (κ2) is 8.31. The van der Waals surface area contributed by atoms with Crippen LogP contribution in [-0.2, 0) is 13.0 Å². The molecular formula is C19H21IN6. The van der Waals surface area contributed by atoms with Crippen LogP contribution in [0.2, 0.25) is 0 Å². The smallest absolute Gasteiger partial charge is 0.198 e. The number of hydrogen-bond donors (Lipinski definition) is 1. The van der Waals surface area contributed by atoms with Crippen LogP contribution in [0.15, 0.2) is 66.2 Å². The molecule has 0 saturated heterocycles. The fourth-order valence-corrected chi connectivity index (χ4v) is 3.14. The molecule has 1 N–H and O–H groups in total. The minimum absolute atomic E-state index is 0. The van der Waals surface area contributed by atoms with Crippen LogP contribution in [0.25, 0.3) is 5.69 Å². The summed E-state index contributed by atoms with van der Waals surface area (Å²) in [6, 6.07) is 16.8. The molecule has 0 unspecified atom stereocenters. The number of halogens is 1. The zero-order valence-electron chi connectivity index (χ0n) is 14.5. The van der Waals surface area contributed by atoms with Crippen LogP contribution in [0, 0.1) is 0 Å². The van der Waals surface area contributed by atoms with Crippen molar-refractivity contribution < 1.29 is 0 Å². The number of nitrogens with zero attached hydrogens (tertiary/aromatic N) is 5. The van der Waals surface area contributed by atoms with Gasteiger partial charge in [0.05, 0.1) is 5.69 Å². The number of para-hydroxylation sites is 1. The molecule has 4 rings (SSSR count). The van der Waals surface area contributed by atoms with Crippen molar-refractivity contribution in [2.45, 2.75) is 13.0 Å². The van der Waals surface area contributed by atoms with E-state index < -0.39 is 0 Å². The van der Waals surface area contributed by atoms with Gasteiger partial charge in [0.15, 0.2) is 5.96 Å². The molecule has 0 atom stereocenters. The highest BCUT2D eigenvalue weighted by Crippen LogP contribution is 2.27. The summed E-state index contributed by atoms with van der Waals surface area (Å²) in [6.45, 7) is 1.69. The number of aliphatic imine (C=N–C) groups is 1. The van der Waals surface area contributed by atoms with E-state index in [0.29, 0.717) is 0 Å². The molecule has 0 amide bonds. The zero-order valence-corrected chi connectivity index (χ0v) is 16.9. The molecule has 0 saturated carbocycles. The van der Waals surface area contributed by atoms with Crippen molar-refractivity contribution in [3.8, 4) is 5.69 Å². The predicted molar refractivity (Wildman–Crippen MR) is 114 cm³/mol. The maximum absolute atomic E-state index is 4.45. The van der Waals surface area contributed by atoms with Gasteiger partial charge in [0.2, 0.25) is 0 Å². The SMILES string of the molecule is CN=C(NCc1ccc(-n2cncn2)cc1)N1CCc2ccccc21.I. The fraction of sp³-hybridized carbons (Fsp3) is 0.211. The van der Waals surface area contributed by atoms with E-state index in [1.807, 2.05) is 19.2 Å². The summed E-state index contributed by atoms with van der Waals surface area (Å²) in [5.74, 6) is 0.908. The largest absolute Gasteiger partial charge is 0.352 e. The molecule has 3 aromatic rings. The van der Waals surface area contributed by atoms with Gasteiger partial charge in [0.25, 0.3) is 0 Å². The van der Waals surface area contributed by atoms with E-state index >= 15 is 0 Å². The number of anilines is 1. The van der Waals surface area contributed by atoms with Gasteiger partial charge in [-0.25, -0.2) is 9.67 Å². The summed E-state index contributed by atoms with van der Waals surface area (Å²) in [5, 5.41) is 7.61. The fourth-order valence-electron chi connectivity index (χ4n) is 3.14. The van der Waals surface area contributed by atoms with E-state index in [9.17, 15) is 0 Å². The minimum Gasteiger partial charge on any atom is -0.352 e. The van der Waals surface area contributed by atoms with Crippen molar-refractivity contribution >= 4 is 35.6 Å². The molecule has 134 valence electrons. The Bertz CT molecular complexity index is 873. The molecule has 1 aliphatic heterocycles. The van der Waals surface area contributed by atoms with Crippen molar-refractivity contribution in [2.75, 3.05) is 18.5 Å². The summed E-state index contributed by atoms with van der Waals surface area (Å²) in [7, 11) is 1.83. The number of guanidine groups is 1. The molecule has 1 aromatic heterocycles. The lowest BCUT2D eigenvalue weighted by molar-refractivity contribution is 0.858. The topological polar surface area (TPSA) is 58.3 Å². The molecule has 6 nitrogen and oxygen atoms in total. The second-order valence-corrected chi connectivity index (χ2v) is 5.94. The van der Waals surface area contributed by atoms with E-state index in [0.717, 1.165) is 31.2 Å². The predicted octanol–water partition coefficient (Wildman–Crippen LogP) is 3.02. The van der Waals surface area contributed by atoms with Gasteiger partial charge in [-0.2, -0.15) is 5.10 Å². The first-order valence-electron chi connectivity index (χ1n) is 8.35. The molecule has 0 fully saturated rings. The average molecular weight is 460 g/mol. The van der Waals surface area contributed by atoms with Crippen molar-refractivity contribution in [3.63, 3.8) is 0 Å². The van der Waals surface area contributed by atoms with Crippen molar-refractivity contribution in [1.29, 1.82) is 0 Å². The van der Waals surface area contributed by atoms with Gasteiger partial charge < -0.3 is 10.2 Å². The van der Waals surface area contributed by atoms with Crippen LogP contribution < -0.4 is 10.2 Å². The molecule has 2 aromatic carbocycles. The van der Waals surface area contributed by atoms with Gasteiger partial charge in [0.1, 0.15) is 12.7 Å². The van der Waals surface area contributed by atoms with E-state index in [1.54, 1.807) is 11.0 Å². The third kappa shape index (κ3) is 3.72. The Kier molecular flexibility index (Phi) is 5.87. The number of aromatic nitrogens is 3. The first kappa shape index (κ1) is 18.4. The normalized spacial score (nSPS) is 13.3. The first-order valence-corrected chi connectivity index (χ1v) is 8.35. The molecule has 26 heavy (non-hydrogen) atoms. The molecule has 1 aliphatic rings. The first-order chi connectivity index (χ1) is 12.3. The molecule has 0 aliphatic carbocycles. The standard InChI is InChI=1S/C19H20N6.HI/c1-20-19(24-11-10-16-4-2-3-5-18(16)24)22-12-15-6-8-17(9-7-15)25-14-21-13-23-25;/h2-9,13-14H,10-12H2,1H3,(H,20,22);1H. The number of nitrogens with one attached hydrogen (secondary N) is 1. The van der Waals surface area contributed by atoms with Gasteiger partial charge in [-0.1, -0.05) is 30.3 Å². The molecular weight excluding hydrogens is 439 g/mol. The van der Waals surface area contributed by atoms with Crippen molar-refractivity contribution in [1.82, 2.24) is 20.1 Å². The Morgan fingerprint density at radius 1 is 1.15 bits per heavy atom. The Morgan fingerprint density at radius 3 is 2.69 bits per heavy atom. The summed E-state index contributed by atoms with van der Waals surface area (Å²) in [5.41, 5.74) is 4.82. The minimum atomic E-state index is 0. The summed E-state index contributed by atoms with van der Waals surface area (Å²) in [6.07, 6.45) is 4.29. The summed E-state index contributed by atoms with van der Waals surface area (Å²) in [4.78, 5) is 10.7. The number of fused-ring (bicyclic) bond motifs is 1. The Labute approximate surface area is 170 Å². The lowest BCUT2D eigenvalue weighted by Gasteiger charge is -2.22. The average Bonchev–Trinajstić information content (AvgIpc) is 3.33. The van der Waals surface area contributed by atoms with Crippen molar-refractivity contribution in [2.24, 2.45) is 4.99 Å². The number of benzene rings is 2. The van der Waals surface area contributed by atoms with Crippen molar-refractivity contribution in [3.05, 3.63) is 72.3 Å². The van der Waals surface area contributed by atoms with Gasteiger partial charge in [-0.15, -0.1) is 24.0 Å². The maximum atomic E-state index is 4.45. The highest BCUT2D eigenvalue weighted by Gasteiger charge is 2.22. The molecule has 7 heteroatoms. The summed E-state index contributed by atoms with van der Waals surface area (Å²) < 4.78 is 1.75. The molecule has 0 spiro atoms. The molecule has 0 bridgehead atoms. The van der Waals surface area contributed by atoms with Gasteiger partial charge in [0, 0.05) is 25.8 Å². The third-order valence-corrected chi connectivity index (χ3v) is 4.42. The number of rotatable bonds is 3. The van der Waals surface area contributed by atoms with Crippen LogP contribution in [0.1, 0.15) is 11.1 Å². The highest BCUT2D eigenvalue weighted by molar-refractivity contribution is 14.0. The van der Waals surface area contributed by atoms with Crippen LogP contribution in [-0.4, -0.2) is 34.3 Å². The quantitative estimate of drug-likeness (QED) is 0.371. The number of hydrogen-bond acceptors (Lipinski definition) is 3. The lowest BCUT2D eigenvalue weighted by atomic mass is 10.2. The van der Waals surface area contributed by atoms with Crippen LogP contribution in [0.5, 0.6) is 0 Å². The van der Waals surface area contributed by atoms with E-state index in [1.165, 1.54) is 23.1 Å². The van der Waals surface area contributed by atoms with Gasteiger partial charge in [-0.3, -0.25) is 4.99 Å². The third-order valence-electron chi connectivity index (χ3n) is 4.42. The summed E-state index contributed by atoms with van der Waals surface area (Å²) >= 11 is 0. The Balaban J connectivity index is 0.00000196. The van der Waals surface area contributed by atoms with Crippen LogP contribution in [0.3, 0.4) is 0 Å². The highest BCUT2D eigenvalue weighted by atomic mass is 127. The molecule has 0 radical (unpaired) electrons. The second-order valence-electron chi connectivity index (χ2n) is 5.94. The lowest BCUT2D eigenvalue weighted by Crippen LogP contribution is -2.40. The Morgan fingerprint density at radius 2 is 1.96 bits per heavy atom. The van der Waals surface area contributed by atoms with Crippen LogP contribution >= 0.6 is 24.0 Å². The monoisotopic (exact) mass is 460 g/mol. The van der Waals surface area contributed by atoms with E-state index in [4.69, 9.17) is 0 Å². The molecule has 2 heterocycles. The van der Waals surface area contributed by atoms with Gasteiger partial charge >= 0.3 is 0 Å². The van der Waals surface area contributed by atoms with Crippen LogP contribution in [0.4, 0.5) is 5.69 Å². The van der Waals surface area contributed by atoms with E-state index in [-0.39, 0.29) is 24.0 Å². The zero-order chi connectivity index (χ0) is 17.1.